The lowest BCUT2D eigenvalue weighted by Crippen LogP contribution is -1.92. The number of nitrogens with zero attached hydrogens (tertiary/aromatic N) is 1. The average Bonchev–Trinajstić information content (AvgIpc) is 2.34. The SMILES string of the molecule is Cc1ccc(Oc2cccc(F)c2C#N)cc1F. The second kappa shape index (κ2) is 4.84. The van der Waals surface area contributed by atoms with Crippen molar-refractivity contribution in [2.24, 2.45) is 0 Å². The molecule has 0 unspecified atom stereocenters. The van der Waals surface area contributed by atoms with Gasteiger partial charge in [-0.3, -0.25) is 0 Å². The van der Waals surface area contributed by atoms with E-state index in [0.29, 0.717) is 5.56 Å². The van der Waals surface area contributed by atoms with Crippen molar-refractivity contribution < 1.29 is 13.5 Å². The van der Waals surface area contributed by atoms with E-state index in [9.17, 15) is 8.78 Å². The van der Waals surface area contributed by atoms with Crippen molar-refractivity contribution in [1.82, 2.24) is 0 Å². The zero-order valence-corrected chi connectivity index (χ0v) is 9.58. The molecule has 0 atom stereocenters. The smallest absolute Gasteiger partial charge is 0.148 e. The highest BCUT2D eigenvalue weighted by Gasteiger charge is 2.10. The Hall–Kier alpha value is -2.41. The Morgan fingerprint density at radius 3 is 2.56 bits per heavy atom. The second-order valence-corrected chi connectivity index (χ2v) is 3.74. The molecule has 4 heteroatoms. The summed E-state index contributed by atoms with van der Waals surface area (Å²) in [7, 11) is 0. The highest BCUT2D eigenvalue weighted by atomic mass is 19.1. The van der Waals surface area contributed by atoms with Gasteiger partial charge in [0.2, 0.25) is 0 Å². The maximum absolute atomic E-state index is 13.3. The summed E-state index contributed by atoms with van der Waals surface area (Å²) in [6.45, 7) is 1.63. The molecule has 0 aliphatic carbocycles. The number of hydrogen-bond acceptors (Lipinski definition) is 2. The summed E-state index contributed by atoms with van der Waals surface area (Å²) in [5, 5.41) is 8.83. The normalized spacial score (nSPS) is 9.89. The minimum absolute atomic E-state index is 0.0701. The molecule has 0 aliphatic rings. The van der Waals surface area contributed by atoms with E-state index >= 15 is 0 Å². The van der Waals surface area contributed by atoms with Crippen molar-refractivity contribution in [3.8, 4) is 17.6 Å². The van der Waals surface area contributed by atoms with Crippen LogP contribution in [-0.4, -0.2) is 0 Å². The average molecular weight is 245 g/mol. The van der Waals surface area contributed by atoms with Crippen molar-refractivity contribution >= 4 is 0 Å². The number of hydrogen-bond donors (Lipinski definition) is 0. The van der Waals surface area contributed by atoms with Gasteiger partial charge >= 0.3 is 0 Å². The molecule has 0 bridgehead atoms. The van der Waals surface area contributed by atoms with E-state index in [2.05, 4.69) is 0 Å². The van der Waals surface area contributed by atoms with Crippen LogP contribution in [0.15, 0.2) is 36.4 Å². The van der Waals surface area contributed by atoms with Crippen LogP contribution in [0.25, 0.3) is 0 Å². The molecular weight excluding hydrogens is 236 g/mol. The molecule has 0 amide bonds. The third-order valence-electron chi connectivity index (χ3n) is 2.46. The van der Waals surface area contributed by atoms with Crippen LogP contribution < -0.4 is 4.74 Å². The molecule has 0 N–H and O–H groups in total. The van der Waals surface area contributed by atoms with E-state index in [1.54, 1.807) is 25.1 Å². The minimum atomic E-state index is -0.664. The van der Waals surface area contributed by atoms with E-state index in [-0.39, 0.29) is 17.1 Å². The number of rotatable bonds is 2. The molecule has 0 spiro atoms. The predicted molar refractivity (Wildman–Crippen MR) is 62.3 cm³/mol. The zero-order valence-electron chi connectivity index (χ0n) is 9.58. The Balaban J connectivity index is 2.37. The third-order valence-corrected chi connectivity index (χ3v) is 2.46. The Kier molecular flexibility index (Phi) is 3.24. The molecule has 2 rings (SSSR count). The van der Waals surface area contributed by atoms with Crippen LogP contribution in [0, 0.1) is 29.9 Å². The molecule has 18 heavy (non-hydrogen) atoms. The van der Waals surface area contributed by atoms with Crippen LogP contribution in [0.3, 0.4) is 0 Å². The van der Waals surface area contributed by atoms with Gasteiger partial charge in [-0.2, -0.15) is 5.26 Å². The molecule has 0 aliphatic heterocycles. The first kappa shape index (κ1) is 12.1. The van der Waals surface area contributed by atoms with Gasteiger partial charge in [0, 0.05) is 6.07 Å². The number of nitriles is 1. The molecule has 0 saturated carbocycles. The topological polar surface area (TPSA) is 33.0 Å². The highest BCUT2D eigenvalue weighted by Crippen LogP contribution is 2.27. The summed E-state index contributed by atoms with van der Waals surface area (Å²) in [6, 6.07) is 10.1. The molecule has 0 aromatic heterocycles. The lowest BCUT2D eigenvalue weighted by atomic mass is 10.2. The van der Waals surface area contributed by atoms with Gasteiger partial charge in [0.25, 0.3) is 0 Å². The van der Waals surface area contributed by atoms with E-state index in [1.165, 1.54) is 24.3 Å². The quantitative estimate of drug-likeness (QED) is 0.802. The standard InChI is InChI=1S/C14H9F2NO/c1-9-5-6-10(7-13(9)16)18-14-4-2-3-12(15)11(14)8-17/h2-7H,1H3. The van der Waals surface area contributed by atoms with Crippen LogP contribution >= 0.6 is 0 Å². The number of ether oxygens (including phenoxy) is 1. The second-order valence-electron chi connectivity index (χ2n) is 3.74. The van der Waals surface area contributed by atoms with Gasteiger partial charge in [-0.05, 0) is 30.7 Å². The summed E-state index contributed by atoms with van der Waals surface area (Å²) >= 11 is 0. The van der Waals surface area contributed by atoms with Crippen LogP contribution in [0.2, 0.25) is 0 Å². The Bertz CT molecular complexity index is 632. The lowest BCUT2D eigenvalue weighted by molar-refractivity contribution is 0.468. The molecule has 2 nitrogen and oxygen atoms in total. The zero-order chi connectivity index (χ0) is 13.1. The van der Waals surface area contributed by atoms with Crippen molar-refractivity contribution in [3.63, 3.8) is 0 Å². The summed E-state index contributed by atoms with van der Waals surface area (Å²) in [5.74, 6) is -0.786. The van der Waals surface area contributed by atoms with Gasteiger partial charge in [-0.15, -0.1) is 0 Å². The first-order valence-electron chi connectivity index (χ1n) is 5.24. The minimum Gasteiger partial charge on any atom is -0.456 e. The first-order chi connectivity index (χ1) is 8.61. The van der Waals surface area contributed by atoms with Crippen LogP contribution in [-0.2, 0) is 0 Å². The summed E-state index contributed by atoms with van der Waals surface area (Å²) in [6.07, 6.45) is 0. The molecule has 2 aromatic rings. The number of benzene rings is 2. The Morgan fingerprint density at radius 1 is 1.11 bits per heavy atom. The maximum Gasteiger partial charge on any atom is 0.148 e. The Labute approximate surface area is 103 Å². The van der Waals surface area contributed by atoms with Gasteiger partial charge < -0.3 is 4.74 Å². The fourth-order valence-corrected chi connectivity index (χ4v) is 1.46. The molecular formula is C14H9F2NO. The maximum atomic E-state index is 13.3. The van der Waals surface area contributed by atoms with Gasteiger partial charge in [0.15, 0.2) is 0 Å². The fraction of sp³-hybridized carbons (Fsp3) is 0.0714. The molecule has 0 heterocycles. The lowest BCUT2D eigenvalue weighted by Gasteiger charge is -2.08. The first-order valence-corrected chi connectivity index (χ1v) is 5.24. The van der Waals surface area contributed by atoms with Crippen LogP contribution in [0.1, 0.15) is 11.1 Å². The summed E-state index contributed by atoms with van der Waals surface area (Å²) < 4.78 is 32.0. The molecule has 0 radical (unpaired) electrons. The fourth-order valence-electron chi connectivity index (χ4n) is 1.46. The molecule has 0 fully saturated rings. The Morgan fingerprint density at radius 2 is 1.89 bits per heavy atom. The largest absolute Gasteiger partial charge is 0.456 e. The van der Waals surface area contributed by atoms with Crippen molar-refractivity contribution in [1.29, 1.82) is 5.26 Å². The van der Waals surface area contributed by atoms with Gasteiger partial charge in [0.1, 0.15) is 34.8 Å². The molecule has 90 valence electrons. The van der Waals surface area contributed by atoms with Crippen molar-refractivity contribution in [3.05, 3.63) is 59.2 Å². The van der Waals surface area contributed by atoms with Gasteiger partial charge in [-0.1, -0.05) is 12.1 Å². The molecule has 0 saturated heterocycles. The van der Waals surface area contributed by atoms with E-state index in [1.807, 2.05) is 0 Å². The van der Waals surface area contributed by atoms with Crippen molar-refractivity contribution in [2.75, 3.05) is 0 Å². The summed E-state index contributed by atoms with van der Waals surface area (Å²) in [4.78, 5) is 0. The number of halogens is 2. The summed E-state index contributed by atoms with van der Waals surface area (Å²) in [5.41, 5.74) is 0.292. The van der Waals surface area contributed by atoms with Gasteiger partial charge in [0.05, 0.1) is 0 Å². The molecule has 2 aromatic carbocycles. The third kappa shape index (κ3) is 2.30. The predicted octanol–water partition coefficient (Wildman–Crippen LogP) is 3.94. The monoisotopic (exact) mass is 245 g/mol. The van der Waals surface area contributed by atoms with Crippen molar-refractivity contribution in [2.45, 2.75) is 6.92 Å². The highest BCUT2D eigenvalue weighted by molar-refractivity contribution is 5.46. The number of aryl methyl sites for hydroxylation is 1. The van der Waals surface area contributed by atoms with Crippen LogP contribution in [0.5, 0.6) is 11.5 Å². The van der Waals surface area contributed by atoms with E-state index < -0.39 is 11.6 Å². The van der Waals surface area contributed by atoms with Gasteiger partial charge in [-0.25, -0.2) is 8.78 Å². The van der Waals surface area contributed by atoms with Crippen LogP contribution in [0.4, 0.5) is 8.78 Å². The van der Waals surface area contributed by atoms with E-state index in [4.69, 9.17) is 10.00 Å². The van der Waals surface area contributed by atoms with E-state index in [0.717, 1.165) is 0 Å².